The number of nitrogens with zero attached hydrogens (tertiary/aromatic N) is 1. The van der Waals surface area contributed by atoms with Crippen molar-refractivity contribution in [3.8, 4) is 0 Å². The molecule has 0 bridgehead atoms. The molecule has 15 heavy (non-hydrogen) atoms. The summed E-state index contributed by atoms with van der Waals surface area (Å²) < 4.78 is 4.90. The molecule has 0 unspecified atom stereocenters. The molecule has 1 saturated heterocycles. The van der Waals surface area contributed by atoms with Crippen molar-refractivity contribution < 1.29 is 14.3 Å². The molecule has 2 heterocycles. The van der Waals surface area contributed by atoms with Crippen molar-refractivity contribution in [2.24, 2.45) is 0 Å². The molecule has 0 N–H and O–H groups in total. The largest absolute Gasteiger partial charge is 0.457 e. The highest BCUT2D eigenvalue weighted by atomic mass is 32.2. The summed E-state index contributed by atoms with van der Waals surface area (Å²) in [6.45, 7) is 3.64. The molecule has 0 saturated carbocycles. The third-order valence-electron chi connectivity index (χ3n) is 2.27. The molecule has 4 nitrogen and oxygen atoms in total. The number of β-lactam (4-membered cyclic amide) rings is 1. The average molecular weight is 225 g/mol. The van der Waals surface area contributed by atoms with E-state index in [2.05, 4.69) is 6.58 Å². The number of ether oxygens (including phenoxy) is 1. The van der Waals surface area contributed by atoms with Crippen LogP contribution in [0.2, 0.25) is 0 Å². The van der Waals surface area contributed by atoms with Gasteiger partial charge in [-0.25, -0.2) is 4.79 Å². The van der Waals surface area contributed by atoms with Crippen molar-refractivity contribution in [1.29, 1.82) is 0 Å². The Hall–Kier alpha value is -1.23. The zero-order valence-electron chi connectivity index (χ0n) is 8.14. The third-order valence-corrected chi connectivity index (χ3v) is 3.39. The summed E-state index contributed by atoms with van der Waals surface area (Å²) in [6.07, 6.45) is 3.77. The molecular formula is C10H11NO3S. The molecule has 5 heteroatoms. The van der Waals surface area contributed by atoms with Crippen molar-refractivity contribution in [3.63, 3.8) is 0 Å². The number of thioether (sulfide) groups is 1. The van der Waals surface area contributed by atoms with Crippen LogP contribution < -0.4 is 0 Å². The molecule has 0 aliphatic carbocycles. The van der Waals surface area contributed by atoms with Crippen LogP contribution in [0, 0.1) is 0 Å². The van der Waals surface area contributed by atoms with E-state index < -0.39 is 5.97 Å². The topological polar surface area (TPSA) is 46.6 Å². The fourth-order valence-electron chi connectivity index (χ4n) is 1.54. The minimum atomic E-state index is -0.437. The Kier molecular flexibility index (Phi) is 2.81. The highest BCUT2D eigenvalue weighted by Crippen LogP contribution is 2.37. The number of carbonyl (C=O) groups excluding carboxylic acids is 2. The lowest BCUT2D eigenvalue weighted by atomic mass is 10.1. The summed E-state index contributed by atoms with van der Waals surface area (Å²) in [6, 6.07) is 0. The predicted molar refractivity (Wildman–Crippen MR) is 56.9 cm³/mol. The van der Waals surface area contributed by atoms with Gasteiger partial charge in [0.1, 0.15) is 12.3 Å². The lowest BCUT2D eigenvalue weighted by Gasteiger charge is -2.42. The van der Waals surface area contributed by atoms with E-state index in [1.54, 1.807) is 17.8 Å². The van der Waals surface area contributed by atoms with Gasteiger partial charge in [0.15, 0.2) is 0 Å². The van der Waals surface area contributed by atoms with Gasteiger partial charge in [0.2, 0.25) is 5.91 Å². The molecule has 2 rings (SSSR count). The van der Waals surface area contributed by atoms with E-state index in [4.69, 9.17) is 4.74 Å². The number of esters is 1. The molecule has 1 amide bonds. The van der Waals surface area contributed by atoms with Crippen LogP contribution in [0.1, 0.15) is 6.42 Å². The van der Waals surface area contributed by atoms with Gasteiger partial charge in [0, 0.05) is 5.75 Å². The highest BCUT2D eigenvalue weighted by Gasteiger charge is 2.43. The Morgan fingerprint density at radius 3 is 3.27 bits per heavy atom. The van der Waals surface area contributed by atoms with E-state index in [1.165, 1.54) is 11.0 Å². The van der Waals surface area contributed by atoms with Crippen LogP contribution in [0.5, 0.6) is 0 Å². The van der Waals surface area contributed by atoms with Gasteiger partial charge in [-0.05, 0) is 6.08 Å². The van der Waals surface area contributed by atoms with Gasteiger partial charge in [-0.15, -0.1) is 11.8 Å². The molecule has 0 radical (unpaired) electrons. The molecule has 2 aliphatic heterocycles. The van der Waals surface area contributed by atoms with Gasteiger partial charge in [0.05, 0.1) is 11.8 Å². The summed E-state index contributed by atoms with van der Waals surface area (Å²) in [7, 11) is 0. The number of rotatable bonds is 3. The maximum Gasteiger partial charge on any atom is 0.355 e. The van der Waals surface area contributed by atoms with Crippen LogP contribution in [-0.2, 0) is 14.3 Å². The molecule has 2 aliphatic rings. The summed E-state index contributed by atoms with van der Waals surface area (Å²) >= 11 is 1.66. The van der Waals surface area contributed by atoms with Gasteiger partial charge < -0.3 is 4.74 Å². The minimum Gasteiger partial charge on any atom is -0.457 e. The second kappa shape index (κ2) is 4.10. The monoisotopic (exact) mass is 225 g/mol. The van der Waals surface area contributed by atoms with Crippen LogP contribution in [0.4, 0.5) is 0 Å². The molecule has 0 aromatic heterocycles. The second-order valence-electron chi connectivity index (χ2n) is 3.23. The number of amides is 1. The van der Waals surface area contributed by atoms with Crippen molar-refractivity contribution >= 4 is 23.6 Å². The fourth-order valence-corrected chi connectivity index (χ4v) is 2.65. The van der Waals surface area contributed by atoms with Crippen LogP contribution in [0.3, 0.4) is 0 Å². The number of hydrogen-bond acceptors (Lipinski definition) is 4. The first kappa shape index (κ1) is 10.3. The van der Waals surface area contributed by atoms with Crippen molar-refractivity contribution in [2.45, 2.75) is 11.8 Å². The van der Waals surface area contributed by atoms with Gasteiger partial charge in [0.25, 0.3) is 0 Å². The maximum atomic E-state index is 11.6. The Morgan fingerprint density at radius 2 is 2.60 bits per heavy atom. The summed E-state index contributed by atoms with van der Waals surface area (Å²) in [5.41, 5.74) is 0.386. The van der Waals surface area contributed by atoms with Crippen molar-refractivity contribution in [3.05, 3.63) is 24.4 Å². The number of carbonyl (C=O) groups is 2. The average Bonchev–Trinajstić information content (AvgIpc) is 2.23. The molecule has 0 spiro atoms. The molecular weight excluding hydrogens is 214 g/mol. The summed E-state index contributed by atoms with van der Waals surface area (Å²) in [4.78, 5) is 24.4. The van der Waals surface area contributed by atoms with Gasteiger partial charge in [-0.1, -0.05) is 12.7 Å². The predicted octanol–water partition coefficient (Wildman–Crippen LogP) is 0.905. The number of fused-ring (bicyclic) bond motifs is 1. The number of hydrogen-bond donors (Lipinski definition) is 0. The van der Waals surface area contributed by atoms with Gasteiger partial charge in [-0.3, -0.25) is 9.69 Å². The Morgan fingerprint density at radius 1 is 1.80 bits per heavy atom. The fraction of sp³-hybridized carbons (Fsp3) is 0.400. The lowest BCUT2D eigenvalue weighted by molar-refractivity contribution is -0.148. The SMILES string of the molecule is C=CCOC(=O)C1=CCS[C@@H]2CC(=O)N12. The smallest absolute Gasteiger partial charge is 0.355 e. The van der Waals surface area contributed by atoms with E-state index in [-0.39, 0.29) is 17.9 Å². The van der Waals surface area contributed by atoms with Crippen LogP contribution in [0.25, 0.3) is 0 Å². The maximum absolute atomic E-state index is 11.6. The van der Waals surface area contributed by atoms with E-state index in [0.29, 0.717) is 12.1 Å². The quantitative estimate of drug-likeness (QED) is 0.407. The molecule has 0 aromatic carbocycles. The lowest BCUT2D eigenvalue weighted by Crippen LogP contribution is -2.53. The molecule has 80 valence electrons. The Balaban J connectivity index is 2.06. The van der Waals surface area contributed by atoms with Crippen LogP contribution in [-0.4, -0.2) is 34.5 Å². The second-order valence-corrected chi connectivity index (χ2v) is 4.44. The van der Waals surface area contributed by atoms with E-state index >= 15 is 0 Å². The van der Waals surface area contributed by atoms with E-state index in [0.717, 1.165) is 5.75 Å². The minimum absolute atomic E-state index is 0.00555. The zero-order chi connectivity index (χ0) is 10.8. The first-order valence-corrected chi connectivity index (χ1v) is 5.70. The standard InChI is InChI=1S/C10H11NO3S/c1-2-4-14-10(13)7-3-5-15-9-6-8(12)11(7)9/h2-3,9H,1,4-6H2/t9-/m1/s1. The van der Waals surface area contributed by atoms with Crippen LogP contribution >= 0.6 is 11.8 Å². The Labute approximate surface area is 92.0 Å². The first-order valence-electron chi connectivity index (χ1n) is 4.66. The summed E-state index contributed by atoms with van der Waals surface area (Å²) in [5, 5.41) is 0.133. The van der Waals surface area contributed by atoms with Gasteiger partial charge >= 0.3 is 5.97 Å². The zero-order valence-corrected chi connectivity index (χ0v) is 8.96. The molecule has 1 atom stereocenters. The van der Waals surface area contributed by atoms with Crippen molar-refractivity contribution in [2.75, 3.05) is 12.4 Å². The molecule has 1 fully saturated rings. The van der Waals surface area contributed by atoms with E-state index in [9.17, 15) is 9.59 Å². The Bertz CT molecular complexity index is 351. The highest BCUT2D eigenvalue weighted by molar-refractivity contribution is 8.00. The summed E-state index contributed by atoms with van der Waals surface area (Å²) in [5.74, 6) is 0.315. The van der Waals surface area contributed by atoms with Gasteiger partial charge in [-0.2, -0.15) is 0 Å². The van der Waals surface area contributed by atoms with E-state index in [1.807, 2.05) is 0 Å². The first-order chi connectivity index (χ1) is 7.24. The third kappa shape index (κ3) is 1.79. The van der Waals surface area contributed by atoms with Crippen molar-refractivity contribution in [1.82, 2.24) is 4.90 Å². The normalized spacial score (nSPS) is 23.7. The van der Waals surface area contributed by atoms with Crippen LogP contribution in [0.15, 0.2) is 24.4 Å². The molecule has 0 aromatic rings.